The van der Waals surface area contributed by atoms with Crippen molar-refractivity contribution in [3.05, 3.63) is 0 Å². The molecule has 0 amide bonds. The average molecular weight is 99.1 g/mol. The van der Waals surface area contributed by atoms with Crippen molar-refractivity contribution in [3.8, 4) is 0 Å². The molecule has 0 bridgehead atoms. The van der Waals surface area contributed by atoms with Crippen LogP contribution in [0.4, 0.5) is 0 Å². The lowest BCUT2D eigenvalue weighted by Crippen LogP contribution is -1.75. The summed E-state index contributed by atoms with van der Waals surface area (Å²) in [4.78, 5) is 0. The van der Waals surface area contributed by atoms with E-state index in [4.69, 9.17) is 5.53 Å². The fourth-order valence-corrected chi connectivity index (χ4v) is 0.211. The monoisotopic (exact) mass is 99.1 g/mol. The molecule has 1 N–H and O–H groups in total. The molecule has 1 aliphatic rings. The molecule has 1 rings (SSSR count). The number of rotatable bonds is 2. The SMILES string of the molecule is N=N/N=N/N1CC1. The molecule has 1 heterocycles. The van der Waals surface area contributed by atoms with Crippen molar-refractivity contribution in [1.82, 2.24) is 5.01 Å². The number of nitrogens with one attached hydrogen (secondary N) is 1. The maximum Gasteiger partial charge on any atom is 0.0571 e. The molecule has 0 aromatic carbocycles. The normalized spacial score (nSPS) is 18.0. The Morgan fingerprint density at radius 1 is 1.43 bits per heavy atom. The third kappa shape index (κ3) is 1.25. The van der Waals surface area contributed by atoms with Gasteiger partial charge < -0.3 is 0 Å². The van der Waals surface area contributed by atoms with Gasteiger partial charge in [0.1, 0.15) is 0 Å². The minimum atomic E-state index is 0.957. The second kappa shape index (κ2) is 1.63. The van der Waals surface area contributed by atoms with Gasteiger partial charge in [0.15, 0.2) is 0 Å². The summed E-state index contributed by atoms with van der Waals surface area (Å²) in [6, 6.07) is 0. The lowest BCUT2D eigenvalue weighted by Gasteiger charge is -1.77. The Balaban J connectivity index is 2.17. The summed E-state index contributed by atoms with van der Waals surface area (Å²) in [5, 5.41) is 10.9. The first-order valence-corrected chi connectivity index (χ1v) is 1.96. The first-order chi connectivity index (χ1) is 3.43. The number of nitrogens with zero attached hydrogens (tertiary/aromatic N) is 4. The Labute approximate surface area is 40.5 Å². The van der Waals surface area contributed by atoms with E-state index >= 15 is 0 Å². The van der Waals surface area contributed by atoms with Crippen molar-refractivity contribution in [2.45, 2.75) is 0 Å². The molecular formula is C2H5N5. The van der Waals surface area contributed by atoms with Crippen molar-refractivity contribution in [3.63, 3.8) is 0 Å². The van der Waals surface area contributed by atoms with Crippen LogP contribution in [-0.2, 0) is 0 Å². The summed E-state index contributed by atoms with van der Waals surface area (Å²) in [5.41, 5.74) is 6.16. The van der Waals surface area contributed by atoms with Gasteiger partial charge in [-0.25, -0.2) is 0 Å². The molecule has 5 nitrogen and oxygen atoms in total. The van der Waals surface area contributed by atoms with Gasteiger partial charge in [-0.1, -0.05) is 0 Å². The van der Waals surface area contributed by atoms with E-state index < -0.39 is 0 Å². The second-order valence-corrected chi connectivity index (χ2v) is 1.23. The predicted octanol–water partition coefficient (Wildman–Crippen LogP) is 0.615. The summed E-state index contributed by atoms with van der Waals surface area (Å²) in [6.07, 6.45) is 0. The Bertz CT molecular complexity index is 92.3. The van der Waals surface area contributed by atoms with E-state index in [0.717, 1.165) is 13.1 Å². The maximum absolute atomic E-state index is 6.16. The highest BCUT2D eigenvalue weighted by molar-refractivity contribution is 4.63. The standard InChI is InChI=1S/C2H5N5/c3-4-5-6-7-1-2-7/h3H,1-2H2/b4-3?,6-5+. The molecule has 7 heavy (non-hydrogen) atoms. The minimum Gasteiger partial charge on any atom is -0.273 e. The van der Waals surface area contributed by atoms with Crippen molar-refractivity contribution < 1.29 is 0 Å². The Morgan fingerprint density at radius 3 is 2.57 bits per heavy atom. The Morgan fingerprint density at radius 2 is 2.14 bits per heavy atom. The predicted molar refractivity (Wildman–Crippen MR) is 21.6 cm³/mol. The molecule has 5 heteroatoms. The maximum atomic E-state index is 6.16. The molecule has 0 saturated carbocycles. The van der Waals surface area contributed by atoms with Crippen molar-refractivity contribution in [2.24, 2.45) is 15.7 Å². The fraction of sp³-hybridized carbons (Fsp3) is 1.00. The molecule has 0 unspecified atom stereocenters. The van der Waals surface area contributed by atoms with Gasteiger partial charge in [-0.15, -0.1) is 0 Å². The van der Waals surface area contributed by atoms with Crippen LogP contribution in [0.1, 0.15) is 0 Å². The first kappa shape index (κ1) is 4.17. The van der Waals surface area contributed by atoms with Gasteiger partial charge in [-0.3, -0.25) is 5.01 Å². The van der Waals surface area contributed by atoms with Gasteiger partial charge in [-0.05, 0) is 15.7 Å². The van der Waals surface area contributed by atoms with Crippen LogP contribution in [0.3, 0.4) is 0 Å². The zero-order valence-corrected chi connectivity index (χ0v) is 3.70. The van der Waals surface area contributed by atoms with Crippen LogP contribution in [0.25, 0.3) is 0 Å². The first-order valence-electron chi connectivity index (χ1n) is 1.96. The molecule has 0 aromatic rings. The van der Waals surface area contributed by atoms with E-state index in [9.17, 15) is 0 Å². The van der Waals surface area contributed by atoms with E-state index in [1.54, 1.807) is 5.01 Å². The molecule has 1 saturated heterocycles. The average Bonchev–Trinajstić information content (AvgIpc) is 2.42. The van der Waals surface area contributed by atoms with Crippen LogP contribution in [-0.4, -0.2) is 18.1 Å². The van der Waals surface area contributed by atoms with Crippen LogP contribution in [0, 0.1) is 5.53 Å². The zero-order chi connectivity index (χ0) is 5.11. The van der Waals surface area contributed by atoms with Crippen LogP contribution in [0.15, 0.2) is 15.7 Å². The third-order valence-electron chi connectivity index (χ3n) is 0.635. The van der Waals surface area contributed by atoms with Crippen molar-refractivity contribution in [2.75, 3.05) is 13.1 Å². The largest absolute Gasteiger partial charge is 0.273 e. The zero-order valence-electron chi connectivity index (χ0n) is 3.70. The summed E-state index contributed by atoms with van der Waals surface area (Å²) in [5.74, 6) is 0. The van der Waals surface area contributed by atoms with Crippen LogP contribution in [0.2, 0.25) is 0 Å². The lowest BCUT2D eigenvalue weighted by atomic mass is 11.0. The molecule has 0 aromatic heterocycles. The van der Waals surface area contributed by atoms with Gasteiger partial charge in [0.05, 0.1) is 13.1 Å². The fourth-order valence-electron chi connectivity index (χ4n) is 0.211. The van der Waals surface area contributed by atoms with Crippen LogP contribution < -0.4 is 0 Å². The second-order valence-electron chi connectivity index (χ2n) is 1.23. The third-order valence-corrected chi connectivity index (χ3v) is 0.635. The Hall–Kier alpha value is -1.00. The highest BCUT2D eigenvalue weighted by Gasteiger charge is 2.13. The highest BCUT2D eigenvalue weighted by Crippen LogP contribution is 2.02. The van der Waals surface area contributed by atoms with E-state index in [0.29, 0.717) is 0 Å². The van der Waals surface area contributed by atoms with Crippen LogP contribution in [0.5, 0.6) is 0 Å². The van der Waals surface area contributed by atoms with E-state index in [1.165, 1.54) is 0 Å². The Kier molecular flexibility index (Phi) is 0.972. The highest BCUT2D eigenvalue weighted by atomic mass is 15.7. The van der Waals surface area contributed by atoms with Gasteiger partial charge in [-0.2, -0.15) is 5.53 Å². The smallest absolute Gasteiger partial charge is 0.0571 e. The van der Waals surface area contributed by atoms with Crippen LogP contribution >= 0.6 is 0 Å². The van der Waals surface area contributed by atoms with E-state index in [1.807, 2.05) is 0 Å². The van der Waals surface area contributed by atoms with Gasteiger partial charge in [0, 0.05) is 0 Å². The summed E-state index contributed by atoms with van der Waals surface area (Å²) in [7, 11) is 0. The van der Waals surface area contributed by atoms with Gasteiger partial charge in [0.25, 0.3) is 0 Å². The van der Waals surface area contributed by atoms with Gasteiger partial charge in [0.2, 0.25) is 0 Å². The molecule has 0 aliphatic carbocycles. The topological polar surface area (TPSA) is 63.9 Å². The molecule has 38 valence electrons. The number of hydrogen-bond donors (Lipinski definition) is 1. The molecule has 1 fully saturated rings. The molecule has 1 aliphatic heterocycles. The van der Waals surface area contributed by atoms with E-state index in [2.05, 4.69) is 15.7 Å². The summed E-state index contributed by atoms with van der Waals surface area (Å²) >= 11 is 0. The lowest BCUT2D eigenvalue weighted by molar-refractivity contribution is 0.540. The summed E-state index contributed by atoms with van der Waals surface area (Å²) < 4.78 is 0. The molecule has 0 radical (unpaired) electrons. The quantitative estimate of drug-likeness (QED) is 0.308. The minimum absolute atomic E-state index is 0.957. The van der Waals surface area contributed by atoms with Crippen molar-refractivity contribution in [1.29, 1.82) is 5.53 Å². The summed E-state index contributed by atoms with van der Waals surface area (Å²) in [6.45, 7) is 1.91. The van der Waals surface area contributed by atoms with E-state index in [-0.39, 0.29) is 0 Å². The van der Waals surface area contributed by atoms with Crippen molar-refractivity contribution >= 4 is 0 Å². The number of hydrogen-bond acceptors (Lipinski definition) is 2. The molecule has 0 atom stereocenters. The molecule has 0 spiro atoms. The molecular weight excluding hydrogens is 94.1 g/mol. The van der Waals surface area contributed by atoms with Gasteiger partial charge >= 0.3 is 0 Å².